The zero-order valence-electron chi connectivity index (χ0n) is 17.6. The van der Waals surface area contributed by atoms with Crippen LogP contribution in [0.25, 0.3) is 0 Å². The lowest BCUT2D eigenvalue weighted by Crippen LogP contribution is -2.43. The Morgan fingerprint density at radius 1 is 1.53 bits per heavy atom. The van der Waals surface area contributed by atoms with E-state index >= 15 is 4.39 Å². The maximum Gasteiger partial charge on any atom is 0.530 e. The molecule has 0 saturated carbocycles. The maximum absolute atomic E-state index is 15.8. The number of rotatable bonds is 5. The Balaban J connectivity index is 1.64. The van der Waals surface area contributed by atoms with Crippen molar-refractivity contribution in [1.29, 1.82) is 0 Å². The number of nitrogens with one attached hydrogen (secondary N) is 1. The van der Waals surface area contributed by atoms with E-state index in [1.165, 1.54) is 18.2 Å². The summed E-state index contributed by atoms with van der Waals surface area (Å²) in [7, 11) is -4.80. The molecule has 15 heteroatoms. The van der Waals surface area contributed by atoms with Gasteiger partial charge in [-0.1, -0.05) is 11.6 Å². The van der Waals surface area contributed by atoms with Crippen LogP contribution in [0, 0.1) is 4.77 Å². The minimum Gasteiger partial charge on any atom is -0.404 e. The number of benzene rings is 1. The van der Waals surface area contributed by atoms with E-state index < -0.39 is 54.6 Å². The molecule has 172 valence electrons. The minimum absolute atomic E-state index is 0.0190. The molecule has 2 aliphatic heterocycles. The number of phosphoric ester groups is 1. The summed E-state index contributed by atoms with van der Waals surface area (Å²) in [6, 6.07) is 4.16. The standard InChI is InChI=1S/C17H15ClFN2O9PS/c18-10-1-2-11-8(3-10)6-27-31(26,30-11)28-7-17(19)13(24)12(23)15(29-17)21-4-9(5-22)14(25)20-16(21)32/h1-5,12-13,15,23-24H,6-7H2,(H,20,25,32)/t12-,13+,15-,17-,31?/m1/s1/i7D2. The van der Waals surface area contributed by atoms with Crippen molar-refractivity contribution in [2.24, 2.45) is 0 Å². The van der Waals surface area contributed by atoms with Crippen LogP contribution in [0.3, 0.4) is 0 Å². The van der Waals surface area contributed by atoms with Crippen molar-refractivity contribution in [3.63, 3.8) is 0 Å². The van der Waals surface area contributed by atoms with Gasteiger partial charge >= 0.3 is 7.82 Å². The number of aliphatic hydroxyl groups is 2. The summed E-state index contributed by atoms with van der Waals surface area (Å²) in [6.07, 6.45) is -5.71. The lowest BCUT2D eigenvalue weighted by molar-refractivity contribution is -0.205. The maximum atomic E-state index is 15.8. The monoisotopic (exact) mass is 510 g/mol. The van der Waals surface area contributed by atoms with Gasteiger partial charge in [0, 0.05) is 16.8 Å². The van der Waals surface area contributed by atoms with E-state index in [9.17, 15) is 24.4 Å². The van der Waals surface area contributed by atoms with E-state index in [2.05, 4.69) is 4.98 Å². The summed E-state index contributed by atoms with van der Waals surface area (Å²) in [4.78, 5) is 24.9. The molecule has 1 unspecified atom stereocenters. The molecule has 3 heterocycles. The Morgan fingerprint density at radius 3 is 3.00 bits per heavy atom. The smallest absolute Gasteiger partial charge is 0.404 e. The number of fused-ring (bicyclic) bond motifs is 1. The van der Waals surface area contributed by atoms with Gasteiger partial charge in [-0.05, 0) is 30.4 Å². The summed E-state index contributed by atoms with van der Waals surface area (Å²) in [5.74, 6) is -3.86. The normalized spacial score (nSPS) is 33.1. The lowest BCUT2D eigenvalue weighted by Gasteiger charge is -2.28. The molecule has 2 aliphatic rings. The fourth-order valence-corrected chi connectivity index (χ4v) is 4.52. The number of nitrogens with zero attached hydrogens (tertiary/aromatic N) is 1. The molecule has 0 amide bonds. The summed E-state index contributed by atoms with van der Waals surface area (Å²) >= 11 is 10.8. The van der Waals surface area contributed by atoms with Crippen molar-refractivity contribution in [1.82, 2.24) is 9.55 Å². The molecule has 0 bridgehead atoms. The Labute approximate surface area is 191 Å². The second-order valence-corrected chi connectivity index (χ2v) is 9.06. The van der Waals surface area contributed by atoms with Crippen LogP contribution in [0.5, 0.6) is 5.75 Å². The van der Waals surface area contributed by atoms with Gasteiger partial charge in [-0.25, -0.2) is 8.96 Å². The number of aromatic nitrogens is 2. The van der Waals surface area contributed by atoms with Gasteiger partial charge in [0.1, 0.15) is 24.5 Å². The van der Waals surface area contributed by atoms with Crippen molar-refractivity contribution in [2.45, 2.75) is 30.9 Å². The summed E-state index contributed by atoms with van der Waals surface area (Å²) < 4.78 is 64.7. The number of aldehydes is 1. The Morgan fingerprint density at radius 2 is 2.28 bits per heavy atom. The molecule has 3 N–H and O–H groups in total. The van der Waals surface area contributed by atoms with Crippen LogP contribution in [0.15, 0.2) is 29.2 Å². The number of carbonyl (C=O) groups excluding carboxylic acids is 1. The fraction of sp³-hybridized carbons (Fsp3) is 0.353. The zero-order chi connectivity index (χ0) is 25.1. The molecule has 1 saturated heterocycles. The van der Waals surface area contributed by atoms with Crippen LogP contribution in [0.1, 0.15) is 24.9 Å². The van der Waals surface area contributed by atoms with Gasteiger partial charge in [0.25, 0.3) is 11.4 Å². The van der Waals surface area contributed by atoms with Gasteiger partial charge in [-0.2, -0.15) is 0 Å². The predicted molar refractivity (Wildman–Crippen MR) is 108 cm³/mol. The highest BCUT2D eigenvalue weighted by atomic mass is 35.5. The van der Waals surface area contributed by atoms with Crippen molar-refractivity contribution >= 4 is 37.9 Å². The highest BCUT2D eigenvalue weighted by Crippen LogP contribution is 2.56. The van der Waals surface area contributed by atoms with Gasteiger partial charge in [-0.15, -0.1) is 0 Å². The molecular formula is C17H15ClFN2O9PS. The first kappa shape index (κ1) is 20.6. The molecule has 32 heavy (non-hydrogen) atoms. The molecule has 4 rings (SSSR count). The van der Waals surface area contributed by atoms with Crippen molar-refractivity contribution in [3.05, 3.63) is 55.7 Å². The Bertz CT molecular complexity index is 1330. The lowest BCUT2D eigenvalue weighted by atomic mass is 10.1. The topological polar surface area (TPSA) is 149 Å². The van der Waals surface area contributed by atoms with Crippen LogP contribution in [0.4, 0.5) is 4.39 Å². The van der Waals surface area contributed by atoms with E-state index in [1.54, 1.807) is 0 Å². The molecule has 11 nitrogen and oxygen atoms in total. The molecule has 5 atom stereocenters. The van der Waals surface area contributed by atoms with Crippen LogP contribution >= 0.6 is 31.6 Å². The first-order valence-corrected chi connectivity index (χ1v) is 11.0. The van der Waals surface area contributed by atoms with Gasteiger partial charge in [-0.3, -0.25) is 28.2 Å². The highest BCUT2D eigenvalue weighted by molar-refractivity contribution is 7.71. The van der Waals surface area contributed by atoms with Gasteiger partial charge in [0.2, 0.25) is 0 Å². The molecule has 1 fully saturated rings. The second kappa shape index (κ2) is 8.43. The van der Waals surface area contributed by atoms with Crippen LogP contribution in [-0.2, 0) is 25.0 Å². The SMILES string of the molecule is [2H]C([2H])(OP1(=O)OCc2cc(Cl)ccc2O1)[C@@]1(F)O[C@@H](n2cc(C=O)c(=O)[nH]c2=S)[C@H](O)[C@@H]1O. The zero-order valence-corrected chi connectivity index (χ0v) is 18.1. The summed E-state index contributed by atoms with van der Waals surface area (Å²) in [6.45, 7) is -4.10. The molecule has 0 aliphatic carbocycles. The number of halogens is 2. The predicted octanol–water partition coefficient (Wildman–Crippen LogP) is 2.02. The molecule has 1 aromatic heterocycles. The number of H-pyrrole nitrogens is 1. The molecule has 0 radical (unpaired) electrons. The van der Waals surface area contributed by atoms with Crippen molar-refractivity contribution in [3.8, 4) is 5.75 Å². The largest absolute Gasteiger partial charge is 0.530 e. The molecule has 0 spiro atoms. The molecule has 1 aromatic carbocycles. The van der Waals surface area contributed by atoms with Gasteiger partial charge in [0.05, 0.1) is 14.9 Å². The van der Waals surface area contributed by atoms with E-state index in [1.807, 2.05) is 0 Å². The van der Waals surface area contributed by atoms with Gasteiger partial charge in [0.15, 0.2) is 17.3 Å². The van der Waals surface area contributed by atoms with Crippen molar-refractivity contribution < 1.29 is 45.0 Å². The Hall–Kier alpha value is -1.96. The van der Waals surface area contributed by atoms with Crippen molar-refractivity contribution in [2.75, 3.05) is 6.56 Å². The highest BCUT2D eigenvalue weighted by Gasteiger charge is 2.57. The number of phosphoric acid groups is 1. The third-order valence-electron chi connectivity index (χ3n) is 4.59. The van der Waals surface area contributed by atoms with Crippen LogP contribution in [0.2, 0.25) is 5.02 Å². The minimum atomic E-state index is -4.80. The number of aromatic amines is 1. The average Bonchev–Trinajstić information content (AvgIpc) is 2.99. The first-order chi connectivity index (χ1) is 15.8. The van der Waals surface area contributed by atoms with E-state index in [0.717, 1.165) is 10.8 Å². The summed E-state index contributed by atoms with van der Waals surface area (Å²) in [5.41, 5.74) is -0.980. The third-order valence-corrected chi connectivity index (χ3v) is 6.32. The molecular weight excluding hydrogens is 494 g/mol. The van der Waals surface area contributed by atoms with Gasteiger partial charge < -0.3 is 19.5 Å². The second-order valence-electron chi connectivity index (χ2n) is 6.72. The molecule has 2 aromatic rings. The van der Waals surface area contributed by atoms with E-state index in [4.69, 9.17) is 44.9 Å². The average molecular weight is 511 g/mol. The number of alkyl halides is 1. The van der Waals surface area contributed by atoms with Crippen LogP contribution in [-0.4, -0.2) is 50.7 Å². The summed E-state index contributed by atoms with van der Waals surface area (Å²) in [5, 5.41) is 21.0. The van der Waals surface area contributed by atoms with Crippen LogP contribution < -0.4 is 10.1 Å². The Kier molecular flexibility index (Phi) is 5.44. The number of carbonyl (C=O) groups is 1. The fourth-order valence-electron chi connectivity index (χ4n) is 2.98. The van der Waals surface area contributed by atoms with E-state index in [-0.39, 0.29) is 18.6 Å². The number of hydrogen-bond donors (Lipinski definition) is 3. The van der Waals surface area contributed by atoms with E-state index in [0.29, 0.717) is 10.6 Å². The quantitative estimate of drug-likeness (QED) is 0.310. The number of hydrogen-bond acceptors (Lipinski definition) is 10. The number of aliphatic hydroxyl groups excluding tert-OH is 2. The third kappa shape index (κ3) is 4.18. The first-order valence-electron chi connectivity index (χ1n) is 9.77. The number of ether oxygens (including phenoxy) is 1.